The number of anilines is 1. The quantitative estimate of drug-likeness (QED) is 0.511. The van der Waals surface area contributed by atoms with Crippen LogP contribution >= 0.6 is 0 Å². The Labute approximate surface area is 178 Å². The molecule has 1 fully saturated rings. The highest BCUT2D eigenvalue weighted by Crippen LogP contribution is 2.43. The molecule has 30 heavy (non-hydrogen) atoms. The number of benzene rings is 1. The Hall–Kier alpha value is -2.10. The van der Waals surface area contributed by atoms with E-state index >= 15 is 0 Å². The van der Waals surface area contributed by atoms with E-state index in [-0.39, 0.29) is 23.3 Å². The number of fused-ring (bicyclic) bond motifs is 4. The van der Waals surface area contributed by atoms with Crippen molar-refractivity contribution < 1.29 is 23.9 Å². The second kappa shape index (κ2) is 8.56. The average molecular weight is 436 g/mol. The van der Waals surface area contributed by atoms with Crippen LogP contribution < -0.4 is 16.0 Å². The molecule has 8 nitrogen and oxygen atoms in total. The zero-order chi connectivity index (χ0) is 22.1. The van der Waals surface area contributed by atoms with Crippen molar-refractivity contribution in [2.24, 2.45) is 0 Å². The molecule has 166 valence electrons. The molecule has 2 bridgehead atoms. The molecule has 3 atom stereocenters. The fraction of sp³-hybridized carbons (Fsp3) is 0.619. The molecular formula is C21H33N3O5Si. The van der Waals surface area contributed by atoms with Gasteiger partial charge in [0.1, 0.15) is 6.54 Å². The maximum absolute atomic E-state index is 11.7. The van der Waals surface area contributed by atoms with Crippen LogP contribution in [0.1, 0.15) is 44.4 Å². The Morgan fingerprint density at radius 2 is 2.03 bits per heavy atom. The van der Waals surface area contributed by atoms with Gasteiger partial charge in [0, 0.05) is 24.2 Å². The van der Waals surface area contributed by atoms with Crippen LogP contribution in [0.4, 0.5) is 10.5 Å². The fourth-order valence-electron chi connectivity index (χ4n) is 3.54. The summed E-state index contributed by atoms with van der Waals surface area (Å²) in [7, 11) is -1.89. The smallest absolute Gasteiger partial charge is 0.323 e. The highest BCUT2D eigenvalue weighted by Gasteiger charge is 2.44. The van der Waals surface area contributed by atoms with Gasteiger partial charge in [-0.25, -0.2) is 4.79 Å². The minimum Gasteiger partial charge on any atom is -0.480 e. The van der Waals surface area contributed by atoms with Crippen LogP contribution in [0, 0.1) is 0 Å². The molecule has 4 N–H and O–H groups in total. The van der Waals surface area contributed by atoms with E-state index in [9.17, 15) is 9.59 Å². The molecule has 2 aliphatic heterocycles. The molecule has 0 unspecified atom stereocenters. The lowest BCUT2D eigenvalue weighted by atomic mass is 9.89. The number of amides is 2. The van der Waals surface area contributed by atoms with Gasteiger partial charge in [-0.3, -0.25) is 4.79 Å². The Kier molecular flexibility index (Phi) is 6.44. The van der Waals surface area contributed by atoms with Gasteiger partial charge < -0.3 is 30.2 Å². The Morgan fingerprint density at radius 3 is 2.70 bits per heavy atom. The first-order valence-corrected chi connectivity index (χ1v) is 13.3. The molecule has 9 heteroatoms. The molecule has 1 aromatic rings. The molecule has 0 radical (unpaired) electrons. The molecule has 0 spiro atoms. The van der Waals surface area contributed by atoms with E-state index in [1.807, 2.05) is 18.2 Å². The molecule has 1 saturated heterocycles. The van der Waals surface area contributed by atoms with Gasteiger partial charge >= 0.3 is 12.0 Å². The first-order valence-electron chi connectivity index (χ1n) is 10.4. The van der Waals surface area contributed by atoms with Gasteiger partial charge in [0.05, 0.1) is 24.9 Å². The largest absolute Gasteiger partial charge is 0.480 e. The van der Waals surface area contributed by atoms with Gasteiger partial charge in [0.15, 0.2) is 8.32 Å². The van der Waals surface area contributed by atoms with Crippen molar-refractivity contribution in [3.63, 3.8) is 0 Å². The number of carboxylic acids is 1. The summed E-state index contributed by atoms with van der Waals surface area (Å²) in [6.07, 6.45) is 0.892. The number of hydrogen-bond acceptors (Lipinski definition) is 5. The van der Waals surface area contributed by atoms with Gasteiger partial charge in [-0.05, 0) is 35.8 Å². The zero-order valence-corrected chi connectivity index (χ0v) is 19.4. The normalized spacial score (nSPS) is 23.2. The van der Waals surface area contributed by atoms with E-state index in [1.165, 1.54) is 0 Å². The summed E-state index contributed by atoms with van der Waals surface area (Å²) >= 11 is 0. The lowest BCUT2D eigenvalue weighted by molar-refractivity contribution is -0.135. The third-order valence-electron chi connectivity index (χ3n) is 6.29. The minimum atomic E-state index is -1.89. The number of carbonyl (C=O) groups excluding carboxylic acids is 1. The van der Waals surface area contributed by atoms with Crippen LogP contribution in [-0.2, 0) is 20.5 Å². The van der Waals surface area contributed by atoms with E-state index < -0.39 is 26.9 Å². The third-order valence-corrected chi connectivity index (χ3v) is 10.8. The SMILES string of the molecule is CC(C)(C)[Si](C)(C)O[C@@H]1CO[C@H]2C[C@@H]1Nc1ccc(CNC(=O)NCC(=O)O)cc12. The Bertz CT molecular complexity index is 808. The van der Waals surface area contributed by atoms with Crippen molar-refractivity contribution in [1.82, 2.24) is 10.6 Å². The van der Waals surface area contributed by atoms with Crippen molar-refractivity contribution in [3.8, 4) is 0 Å². The summed E-state index contributed by atoms with van der Waals surface area (Å²) in [6.45, 7) is 11.7. The van der Waals surface area contributed by atoms with Crippen LogP contribution in [0.25, 0.3) is 0 Å². The van der Waals surface area contributed by atoms with Crippen LogP contribution in [0.3, 0.4) is 0 Å². The van der Waals surface area contributed by atoms with Crippen molar-refractivity contribution in [2.75, 3.05) is 18.5 Å². The summed E-state index contributed by atoms with van der Waals surface area (Å²) in [5, 5.41) is 17.4. The van der Waals surface area contributed by atoms with E-state index in [0.717, 1.165) is 23.2 Å². The summed E-state index contributed by atoms with van der Waals surface area (Å²) in [4.78, 5) is 22.2. The number of urea groups is 1. The summed E-state index contributed by atoms with van der Waals surface area (Å²) in [5.41, 5.74) is 3.06. The second-order valence-electron chi connectivity index (χ2n) is 9.58. The Balaban J connectivity index is 1.63. The number of hydrogen-bond donors (Lipinski definition) is 4. The van der Waals surface area contributed by atoms with Crippen LogP contribution in [0.2, 0.25) is 18.1 Å². The monoisotopic (exact) mass is 435 g/mol. The highest BCUT2D eigenvalue weighted by molar-refractivity contribution is 6.74. The van der Waals surface area contributed by atoms with Crippen LogP contribution in [0.5, 0.6) is 0 Å². The first kappa shape index (κ1) is 22.6. The number of carbonyl (C=O) groups is 2. The second-order valence-corrected chi connectivity index (χ2v) is 14.3. The van der Waals surface area contributed by atoms with E-state index in [1.54, 1.807) is 0 Å². The molecular weight excluding hydrogens is 402 g/mol. The van der Waals surface area contributed by atoms with Crippen molar-refractivity contribution in [2.45, 2.75) is 70.1 Å². The lowest BCUT2D eigenvalue weighted by Crippen LogP contribution is -2.54. The van der Waals surface area contributed by atoms with Gasteiger partial charge in [-0.1, -0.05) is 26.8 Å². The van der Waals surface area contributed by atoms with Crippen LogP contribution in [0.15, 0.2) is 18.2 Å². The van der Waals surface area contributed by atoms with Gasteiger partial charge in [-0.15, -0.1) is 0 Å². The number of rotatable bonds is 6. The Morgan fingerprint density at radius 1 is 1.30 bits per heavy atom. The molecule has 2 amide bonds. The average Bonchev–Trinajstić information content (AvgIpc) is 2.66. The summed E-state index contributed by atoms with van der Waals surface area (Å²) in [6, 6.07) is 5.71. The molecule has 3 rings (SSSR count). The van der Waals surface area contributed by atoms with Gasteiger partial charge in [-0.2, -0.15) is 0 Å². The summed E-state index contributed by atoms with van der Waals surface area (Å²) < 4.78 is 12.8. The predicted octanol–water partition coefficient (Wildman–Crippen LogP) is 3.22. The third kappa shape index (κ3) is 5.14. The molecule has 1 aromatic carbocycles. The molecule has 0 aliphatic carbocycles. The topological polar surface area (TPSA) is 109 Å². The van der Waals surface area contributed by atoms with E-state index in [4.69, 9.17) is 14.3 Å². The van der Waals surface area contributed by atoms with E-state index in [2.05, 4.69) is 49.8 Å². The first-order chi connectivity index (χ1) is 14.0. The highest BCUT2D eigenvalue weighted by atomic mass is 28.4. The van der Waals surface area contributed by atoms with Gasteiger partial charge in [0.25, 0.3) is 0 Å². The standard InChI is InChI=1S/C21H33N3O5Si/c1-21(2,3)30(4,5)29-18-12-28-17-9-16(18)24-15-7-6-13(8-14(15)17)10-22-20(27)23-11-19(25)26/h6-8,16-18,24H,9-12H2,1-5H3,(H,25,26)(H2,22,23,27)/t16-,17-,18+/m0/s1. The molecule has 2 aliphatic rings. The minimum absolute atomic E-state index is 0.00584. The van der Waals surface area contributed by atoms with Crippen LogP contribution in [-0.4, -0.2) is 50.7 Å². The van der Waals surface area contributed by atoms with Crippen molar-refractivity contribution in [3.05, 3.63) is 29.3 Å². The van der Waals surface area contributed by atoms with E-state index in [0.29, 0.717) is 13.2 Å². The molecule has 0 aromatic heterocycles. The maximum atomic E-state index is 11.7. The number of carboxylic acid groups (broad SMARTS) is 1. The van der Waals surface area contributed by atoms with Gasteiger partial charge in [0.2, 0.25) is 0 Å². The lowest BCUT2D eigenvalue weighted by Gasteiger charge is -2.47. The fourth-order valence-corrected chi connectivity index (χ4v) is 4.88. The predicted molar refractivity (Wildman–Crippen MR) is 117 cm³/mol. The number of aliphatic carboxylic acids is 1. The zero-order valence-electron chi connectivity index (χ0n) is 18.4. The number of nitrogens with one attached hydrogen (secondary N) is 3. The van der Waals surface area contributed by atoms with Crippen molar-refractivity contribution in [1.29, 1.82) is 0 Å². The molecule has 2 heterocycles. The molecule has 0 saturated carbocycles. The van der Waals surface area contributed by atoms with Crippen molar-refractivity contribution >= 4 is 26.0 Å². The number of ether oxygens (including phenoxy) is 1. The maximum Gasteiger partial charge on any atom is 0.323 e. The summed E-state index contributed by atoms with van der Waals surface area (Å²) in [5.74, 6) is -1.08.